The molecule has 0 aliphatic rings. The number of ether oxygens (including phenoxy) is 1. The van der Waals surface area contributed by atoms with Crippen molar-refractivity contribution in [1.29, 1.82) is 0 Å². The number of nitrogens with two attached hydrogens (primary N) is 1. The minimum absolute atomic E-state index is 0.460. The first-order valence-electron chi connectivity index (χ1n) is 5.97. The molecule has 0 aliphatic heterocycles. The number of hydrogen-bond donors (Lipinski definition) is 1. The lowest BCUT2D eigenvalue weighted by molar-refractivity contribution is 0.299. The summed E-state index contributed by atoms with van der Waals surface area (Å²) in [6.45, 7) is 0.956. The zero-order valence-corrected chi connectivity index (χ0v) is 12.3. The van der Waals surface area contributed by atoms with Gasteiger partial charge in [0, 0.05) is 22.0 Å². The molecule has 0 fully saturated rings. The van der Waals surface area contributed by atoms with Crippen LogP contribution in [0, 0.1) is 0 Å². The van der Waals surface area contributed by atoms with E-state index in [0.29, 0.717) is 18.2 Å². The number of halogens is 1. The third kappa shape index (κ3) is 3.66. The number of thioether (sulfide) groups is 1. The Kier molecular flexibility index (Phi) is 5.14. The summed E-state index contributed by atoms with van der Waals surface area (Å²) in [5, 5.41) is 0.699. The quantitative estimate of drug-likeness (QED) is 0.843. The van der Waals surface area contributed by atoms with E-state index in [-0.39, 0.29) is 0 Å². The first-order valence-corrected chi connectivity index (χ1v) is 7.58. The second kappa shape index (κ2) is 6.85. The Morgan fingerprint density at radius 2 is 2.00 bits per heavy atom. The van der Waals surface area contributed by atoms with Crippen molar-refractivity contribution in [2.75, 3.05) is 6.26 Å². The van der Waals surface area contributed by atoms with E-state index >= 15 is 0 Å². The van der Waals surface area contributed by atoms with Crippen LogP contribution in [0.3, 0.4) is 0 Å². The van der Waals surface area contributed by atoms with Crippen molar-refractivity contribution in [1.82, 2.24) is 0 Å². The van der Waals surface area contributed by atoms with Crippen molar-refractivity contribution in [2.45, 2.75) is 18.0 Å². The second-order valence-electron chi connectivity index (χ2n) is 4.07. The van der Waals surface area contributed by atoms with Crippen LogP contribution < -0.4 is 10.5 Å². The maximum absolute atomic E-state index is 6.21. The zero-order chi connectivity index (χ0) is 13.7. The lowest BCUT2D eigenvalue weighted by Gasteiger charge is -2.11. The predicted molar refractivity (Wildman–Crippen MR) is 81.9 cm³/mol. The normalized spacial score (nSPS) is 10.5. The highest BCUT2D eigenvalue weighted by molar-refractivity contribution is 7.98. The summed E-state index contributed by atoms with van der Waals surface area (Å²) < 4.78 is 5.83. The molecular formula is C15H16ClNOS. The smallest absolute Gasteiger partial charge is 0.133 e. The summed E-state index contributed by atoms with van der Waals surface area (Å²) in [4.78, 5) is 1.12. The summed E-state index contributed by atoms with van der Waals surface area (Å²) in [6.07, 6.45) is 2.03. The van der Waals surface area contributed by atoms with Gasteiger partial charge in [-0.05, 0) is 30.0 Å². The molecule has 100 valence electrons. The Hall–Kier alpha value is -1.16. The van der Waals surface area contributed by atoms with Crippen LogP contribution >= 0.6 is 23.4 Å². The highest BCUT2D eigenvalue weighted by Gasteiger charge is 2.05. The van der Waals surface area contributed by atoms with Crippen LogP contribution in [0.25, 0.3) is 0 Å². The molecule has 4 heteroatoms. The van der Waals surface area contributed by atoms with Crippen LogP contribution in [0.1, 0.15) is 11.1 Å². The zero-order valence-electron chi connectivity index (χ0n) is 10.7. The molecule has 0 unspecified atom stereocenters. The van der Waals surface area contributed by atoms with Crippen LogP contribution in [0.15, 0.2) is 47.4 Å². The van der Waals surface area contributed by atoms with Crippen molar-refractivity contribution < 1.29 is 4.74 Å². The van der Waals surface area contributed by atoms with E-state index in [4.69, 9.17) is 22.1 Å². The van der Waals surface area contributed by atoms with E-state index in [1.54, 1.807) is 11.8 Å². The van der Waals surface area contributed by atoms with Gasteiger partial charge < -0.3 is 10.5 Å². The molecule has 0 saturated heterocycles. The van der Waals surface area contributed by atoms with Crippen molar-refractivity contribution in [2.24, 2.45) is 5.73 Å². The predicted octanol–water partition coefficient (Wildman–Crippen LogP) is 4.10. The lowest BCUT2D eigenvalue weighted by Crippen LogP contribution is -2.00. The molecule has 0 aliphatic carbocycles. The van der Waals surface area contributed by atoms with E-state index in [1.807, 2.05) is 48.7 Å². The van der Waals surface area contributed by atoms with Crippen LogP contribution in [0.4, 0.5) is 0 Å². The first kappa shape index (κ1) is 14.3. The summed E-state index contributed by atoms with van der Waals surface area (Å²) in [6, 6.07) is 13.8. The number of hydrogen-bond acceptors (Lipinski definition) is 3. The minimum atomic E-state index is 0.460. The van der Waals surface area contributed by atoms with Crippen LogP contribution in [0.5, 0.6) is 5.75 Å². The fraction of sp³-hybridized carbons (Fsp3) is 0.200. The van der Waals surface area contributed by atoms with E-state index in [0.717, 1.165) is 21.8 Å². The van der Waals surface area contributed by atoms with Gasteiger partial charge in [0.15, 0.2) is 0 Å². The lowest BCUT2D eigenvalue weighted by atomic mass is 10.1. The van der Waals surface area contributed by atoms with Crippen molar-refractivity contribution >= 4 is 23.4 Å². The largest absolute Gasteiger partial charge is 0.488 e. The van der Waals surface area contributed by atoms with E-state index < -0.39 is 0 Å². The Morgan fingerprint density at radius 1 is 1.21 bits per heavy atom. The Labute approximate surface area is 122 Å². The maximum Gasteiger partial charge on any atom is 0.133 e. The van der Waals surface area contributed by atoms with Crippen LogP contribution in [-0.2, 0) is 13.2 Å². The van der Waals surface area contributed by atoms with Gasteiger partial charge >= 0.3 is 0 Å². The van der Waals surface area contributed by atoms with Crippen molar-refractivity contribution in [3.05, 3.63) is 58.6 Å². The van der Waals surface area contributed by atoms with Gasteiger partial charge in [-0.25, -0.2) is 0 Å². The Balaban J connectivity index is 2.10. The van der Waals surface area contributed by atoms with Gasteiger partial charge in [0.1, 0.15) is 12.4 Å². The van der Waals surface area contributed by atoms with Crippen LogP contribution in [0.2, 0.25) is 5.02 Å². The van der Waals surface area contributed by atoms with Gasteiger partial charge in [0.2, 0.25) is 0 Å². The van der Waals surface area contributed by atoms with Crippen LogP contribution in [-0.4, -0.2) is 6.26 Å². The third-order valence-electron chi connectivity index (χ3n) is 2.81. The molecule has 0 radical (unpaired) electrons. The van der Waals surface area contributed by atoms with Crippen molar-refractivity contribution in [3.63, 3.8) is 0 Å². The summed E-state index contributed by atoms with van der Waals surface area (Å²) in [7, 11) is 0. The van der Waals surface area contributed by atoms with Gasteiger partial charge in [-0.2, -0.15) is 0 Å². The topological polar surface area (TPSA) is 35.2 Å². The fourth-order valence-electron chi connectivity index (χ4n) is 1.73. The Bertz CT molecular complexity index is 560. The molecular weight excluding hydrogens is 278 g/mol. The monoisotopic (exact) mass is 293 g/mol. The molecule has 0 saturated carbocycles. The molecule has 0 bridgehead atoms. The van der Waals surface area contributed by atoms with Gasteiger partial charge in [0.05, 0.1) is 0 Å². The highest BCUT2D eigenvalue weighted by atomic mass is 35.5. The molecule has 2 aromatic rings. The average molecular weight is 294 g/mol. The number of benzene rings is 2. The summed E-state index contributed by atoms with van der Waals surface area (Å²) in [5.74, 6) is 0.883. The third-order valence-corrected chi connectivity index (χ3v) is 3.93. The minimum Gasteiger partial charge on any atom is -0.488 e. The van der Waals surface area contributed by atoms with E-state index in [9.17, 15) is 0 Å². The van der Waals surface area contributed by atoms with E-state index in [2.05, 4.69) is 0 Å². The average Bonchev–Trinajstić information content (AvgIpc) is 2.46. The number of rotatable bonds is 5. The summed E-state index contributed by atoms with van der Waals surface area (Å²) >= 11 is 7.87. The Morgan fingerprint density at radius 3 is 2.68 bits per heavy atom. The van der Waals surface area contributed by atoms with E-state index in [1.165, 1.54) is 0 Å². The summed E-state index contributed by atoms with van der Waals surface area (Å²) in [5.41, 5.74) is 7.57. The van der Waals surface area contributed by atoms with Crippen molar-refractivity contribution in [3.8, 4) is 5.75 Å². The van der Waals surface area contributed by atoms with Gasteiger partial charge in [0.25, 0.3) is 0 Å². The molecule has 0 heterocycles. The first-order chi connectivity index (χ1) is 9.24. The number of para-hydroxylation sites is 1. The molecule has 0 aromatic heterocycles. The van der Waals surface area contributed by atoms with Gasteiger partial charge in [-0.1, -0.05) is 35.9 Å². The van der Waals surface area contributed by atoms with Gasteiger partial charge in [-0.15, -0.1) is 11.8 Å². The molecule has 0 atom stereocenters. The molecule has 2 N–H and O–H groups in total. The highest BCUT2D eigenvalue weighted by Crippen LogP contribution is 2.28. The molecule has 2 rings (SSSR count). The molecule has 0 amide bonds. The fourth-order valence-corrected chi connectivity index (χ4v) is 2.53. The molecule has 2 nitrogen and oxygen atoms in total. The van der Waals surface area contributed by atoms with Gasteiger partial charge in [-0.3, -0.25) is 0 Å². The standard InChI is InChI=1S/C15H16ClNOS/c1-19-15-5-3-2-4-14(15)18-10-12-7-6-11(9-17)8-13(12)16/h2-8H,9-10,17H2,1H3. The molecule has 19 heavy (non-hydrogen) atoms. The molecule has 0 spiro atoms. The maximum atomic E-state index is 6.21. The SMILES string of the molecule is CSc1ccccc1OCc1ccc(CN)cc1Cl. The molecule has 2 aromatic carbocycles. The second-order valence-corrected chi connectivity index (χ2v) is 5.32.